The average Bonchev–Trinajstić information content (AvgIpc) is 2.70. The van der Waals surface area contributed by atoms with E-state index < -0.39 is 24.2 Å². The molecule has 2 aliphatic rings. The van der Waals surface area contributed by atoms with Crippen molar-refractivity contribution in [1.29, 1.82) is 0 Å². The van der Waals surface area contributed by atoms with E-state index in [1.165, 1.54) is 0 Å². The highest BCUT2D eigenvalue weighted by Gasteiger charge is 2.40. The lowest BCUT2D eigenvalue weighted by atomic mass is 9.98. The summed E-state index contributed by atoms with van der Waals surface area (Å²) in [5, 5.41) is 8.94. The lowest BCUT2D eigenvalue weighted by Crippen LogP contribution is -2.62. The molecule has 2 fully saturated rings. The number of nitrogens with one attached hydrogen (secondary N) is 2. The molecule has 1 aromatic rings. The van der Waals surface area contributed by atoms with E-state index in [4.69, 9.17) is 23.1 Å². The van der Waals surface area contributed by atoms with Crippen LogP contribution in [0.2, 0.25) is 0 Å². The molecule has 0 saturated carbocycles. The molecular formula is C18H29ClN8O2. The van der Waals surface area contributed by atoms with Gasteiger partial charge in [-0.05, 0) is 26.0 Å². The smallest absolute Gasteiger partial charge is 0.234 e. The number of nitrogens with two attached hydrogens (primary N) is 2. The number of pyridine rings is 1. The van der Waals surface area contributed by atoms with Crippen molar-refractivity contribution in [3.05, 3.63) is 23.4 Å². The van der Waals surface area contributed by atoms with Crippen LogP contribution in [0.4, 0.5) is 11.4 Å². The first-order valence-corrected chi connectivity index (χ1v) is 10.3. The second-order valence-corrected chi connectivity index (χ2v) is 8.36. The van der Waals surface area contributed by atoms with E-state index in [0.29, 0.717) is 25.3 Å². The monoisotopic (exact) mass is 424 g/mol. The summed E-state index contributed by atoms with van der Waals surface area (Å²) in [4.78, 5) is 32.5. The Morgan fingerprint density at radius 2 is 2.28 bits per heavy atom. The molecule has 2 aliphatic heterocycles. The van der Waals surface area contributed by atoms with Gasteiger partial charge < -0.3 is 21.7 Å². The number of hydrogen-bond acceptors (Lipinski definition) is 9. The van der Waals surface area contributed by atoms with E-state index in [1.54, 1.807) is 12.4 Å². The molecule has 0 aromatic carbocycles. The van der Waals surface area contributed by atoms with Crippen molar-refractivity contribution in [3.8, 4) is 0 Å². The number of rotatable bonds is 6. The van der Waals surface area contributed by atoms with Crippen molar-refractivity contribution in [3.63, 3.8) is 0 Å². The fraction of sp³-hybridized carbons (Fsp3) is 0.667. The molecule has 3 heterocycles. The zero-order chi connectivity index (χ0) is 21.0. The summed E-state index contributed by atoms with van der Waals surface area (Å²) in [6.07, 6.45) is 3.57. The van der Waals surface area contributed by atoms with E-state index >= 15 is 0 Å². The lowest BCUT2D eigenvalue weighted by molar-refractivity contribution is -0.123. The predicted octanol–water partition coefficient (Wildman–Crippen LogP) is 0.0835. The molecule has 1 amide bonds. The topological polar surface area (TPSA) is 142 Å². The van der Waals surface area contributed by atoms with E-state index in [2.05, 4.69) is 25.7 Å². The number of carbonyl (C=O) groups is 1. The van der Waals surface area contributed by atoms with Gasteiger partial charge in [-0.25, -0.2) is 0 Å². The van der Waals surface area contributed by atoms with Crippen LogP contribution in [0.25, 0.3) is 0 Å². The van der Waals surface area contributed by atoms with E-state index in [1.807, 2.05) is 18.0 Å². The molecule has 1 aromatic heterocycles. The van der Waals surface area contributed by atoms with Gasteiger partial charge >= 0.3 is 0 Å². The molecule has 5 unspecified atom stereocenters. The summed E-state index contributed by atoms with van der Waals surface area (Å²) in [5.74, 6) is -1.29. The number of aromatic nitrogens is 1. The van der Waals surface area contributed by atoms with Gasteiger partial charge in [0.25, 0.3) is 0 Å². The molecule has 0 aliphatic carbocycles. The van der Waals surface area contributed by atoms with Crippen LogP contribution in [0.3, 0.4) is 0 Å². The van der Waals surface area contributed by atoms with Gasteiger partial charge in [-0.1, -0.05) is 5.18 Å². The van der Waals surface area contributed by atoms with Crippen LogP contribution in [0.1, 0.15) is 12.8 Å². The zero-order valence-corrected chi connectivity index (χ0v) is 17.3. The minimum Gasteiger partial charge on any atom is -0.368 e. The Labute approximate surface area is 175 Å². The second-order valence-electron chi connectivity index (χ2n) is 7.74. The highest BCUT2D eigenvalue weighted by atomic mass is 35.5. The molecule has 5 atom stereocenters. The first-order valence-electron chi connectivity index (χ1n) is 9.82. The Balaban J connectivity index is 1.80. The highest BCUT2D eigenvalue weighted by Crippen LogP contribution is 2.28. The number of hydrogen-bond donors (Lipinski definition) is 4. The summed E-state index contributed by atoms with van der Waals surface area (Å²) in [6.45, 7) is 2.63. The summed E-state index contributed by atoms with van der Waals surface area (Å²) >= 11 is 6.18. The van der Waals surface area contributed by atoms with Gasteiger partial charge in [0, 0.05) is 38.4 Å². The Kier molecular flexibility index (Phi) is 7.36. The minimum absolute atomic E-state index is 0.0875. The molecular weight excluding hydrogens is 396 g/mol. The van der Waals surface area contributed by atoms with E-state index in [0.717, 1.165) is 25.1 Å². The number of carbonyl (C=O) groups excluding carboxylic acids is 1. The van der Waals surface area contributed by atoms with Crippen molar-refractivity contribution in [1.82, 2.24) is 15.2 Å². The molecule has 10 nitrogen and oxygen atoms in total. The molecule has 2 saturated heterocycles. The van der Waals surface area contributed by atoms with Crippen LogP contribution in [-0.4, -0.2) is 72.8 Å². The van der Waals surface area contributed by atoms with Crippen LogP contribution in [0, 0.1) is 10.8 Å². The van der Waals surface area contributed by atoms with Crippen LogP contribution >= 0.6 is 11.6 Å². The normalized spacial score (nSPS) is 27.9. The number of anilines is 2. The summed E-state index contributed by atoms with van der Waals surface area (Å²) < 4.78 is 0. The summed E-state index contributed by atoms with van der Waals surface area (Å²) in [7, 11) is 1.83. The maximum absolute atomic E-state index is 13.2. The molecule has 11 heteroatoms. The molecule has 160 valence electrons. The molecule has 0 radical (unpaired) electrons. The Bertz CT molecular complexity index is 723. The van der Waals surface area contributed by atoms with Crippen LogP contribution in [0.15, 0.2) is 23.6 Å². The molecule has 6 N–H and O–H groups in total. The Morgan fingerprint density at radius 3 is 2.97 bits per heavy atom. The standard InChI is InChI=1S/C18H29ClN8O2/c1-26-9-11(19)7-23-17(26)15(16(21)25-29)18(28)24-13-8-22-5-4-14(13)27-6-2-3-12(20)10-27/h4-5,8,11-12,15-17,23H,2-3,6-7,9-10,20-21H2,1H3,(H,24,28). The predicted molar refractivity (Wildman–Crippen MR) is 114 cm³/mol. The second kappa shape index (κ2) is 9.77. The Hall–Kier alpha value is -1.85. The maximum Gasteiger partial charge on any atom is 0.234 e. The number of amides is 1. The lowest BCUT2D eigenvalue weighted by Gasteiger charge is -2.40. The first-order chi connectivity index (χ1) is 13.9. The zero-order valence-electron chi connectivity index (χ0n) is 16.5. The van der Waals surface area contributed by atoms with Crippen molar-refractivity contribution in [2.24, 2.45) is 22.6 Å². The number of nitrogens with zero attached hydrogens (tertiary/aromatic N) is 4. The van der Waals surface area contributed by atoms with Gasteiger partial charge in [-0.3, -0.25) is 20.0 Å². The number of halogens is 1. The molecule has 29 heavy (non-hydrogen) atoms. The number of alkyl halides is 1. The van der Waals surface area contributed by atoms with Gasteiger partial charge in [-0.2, -0.15) is 0 Å². The quantitative estimate of drug-likeness (QED) is 0.371. The Morgan fingerprint density at radius 1 is 1.48 bits per heavy atom. The van der Waals surface area contributed by atoms with Crippen molar-refractivity contribution in [2.75, 3.05) is 43.4 Å². The third-order valence-electron chi connectivity index (χ3n) is 5.50. The molecule has 0 spiro atoms. The third kappa shape index (κ3) is 5.20. The third-order valence-corrected chi connectivity index (χ3v) is 5.79. The van der Waals surface area contributed by atoms with Crippen molar-refractivity contribution < 1.29 is 4.79 Å². The van der Waals surface area contributed by atoms with Gasteiger partial charge in [0.05, 0.1) is 29.1 Å². The van der Waals surface area contributed by atoms with Gasteiger partial charge in [0.1, 0.15) is 5.92 Å². The van der Waals surface area contributed by atoms with E-state index in [-0.39, 0.29) is 11.4 Å². The summed E-state index contributed by atoms with van der Waals surface area (Å²) in [5.41, 5.74) is 13.4. The maximum atomic E-state index is 13.2. The summed E-state index contributed by atoms with van der Waals surface area (Å²) in [6, 6.07) is 1.94. The van der Waals surface area contributed by atoms with Crippen molar-refractivity contribution >= 4 is 28.9 Å². The fourth-order valence-electron chi connectivity index (χ4n) is 4.05. The number of piperidine rings is 1. The van der Waals surface area contributed by atoms with Gasteiger partial charge in [-0.15, -0.1) is 16.5 Å². The SMILES string of the molecule is CN1CC(Cl)CNC1C(C(=O)Nc1cnccc1N1CCCC(N)C1)C(N)N=O. The fourth-order valence-corrected chi connectivity index (χ4v) is 4.36. The van der Waals surface area contributed by atoms with E-state index in [9.17, 15) is 9.70 Å². The van der Waals surface area contributed by atoms with Gasteiger partial charge in [0.2, 0.25) is 5.91 Å². The first kappa shape index (κ1) is 21.8. The van der Waals surface area contributed by atoms with Crippen LogP contribution in [0.5, 0.6) is 0 Å². The van der Waals surface area contributed by atoms with Crippen LogP contribution in [-0.2, 0) is 4.79 Å². The largest absolute Gasteiger partial charge is 0.368 e. The molecule has 3 rings (SSSR count). The van der Waals surface area contributed by atoms with Gasteiger partial charge in [0.15, 0.2) is 6.17 Å². The van der Waals surface area contributed by atoms with Crippen molar-refractivity contribution in [2.45, 2.75) is 36.6 Å². The average molecular weight is 425 g/mol. The molecule has 0 bridgehead atoms. The van der Waals surface area contributed by atoms with Crippen LogP contribution < -0.4 is 27.0 Å². The highest BCUT2D eigenvalue weighted by molar-refractivity contribution is 6.21. The number of nitroso groups, excluding NO2 is 1. The minimum atomic E-state index is -1.20.